The van der Waals surface area contributed by atoms with Crippen LogP contribution in [-0.2, 0) is 14.3 Å². The van der Waals surface area contributed by atoms with Gasteiger partial charge in [-0.3, -0.25) is 4.79 Å². The van der Waals surface area contributed by atoms with Gasteiger partial charge < -0.3 is 19.7 Å². The monoisotopic (exact) mass is 398 g/mol. The van der Waals surface area contributed by atoms with Crippen molar-refractivity contribution in [3.63, 3.8) is 0 Å². The van der Waals surface area contributed by atoms with Crippen LogP contribution in [0.15, 0.2) is 30.3 Å². The number of carbonyl (C=O) groups is 1. The van der Waals surface area contributed by atoms with Gasteiger partial charge in [0.25, 0.3) is 0 Å². The number of piperidine rings is 1. The largest absolute Gasteiger partial charge is 0.350 e. The number of hydrogen-bond donors (Lipinski definition) is 1. The van der Waals surface area contributed by atoms with E-state index in [-0.39, 0.29) is 12.2 Å². The molecule has 0 radical (unpaired) electrons. The normalized spacial score (nSPS) is 19.0. The van der Waals surface area contributed by atoms with Crippen molar-refractivity contribution in [3.8, 4) is 5.69 Å². The third-order valence-electron chi connectivity index (χ3n) is 5.88. The lowest BCUT2D eigenvalue weighted by Crippen LogP contribution is -2.39. The van der Waals surface area contributed by atoms with Crippen LogP contribution in [0.4, 0.5) is 5.69 Å². The molecule has 1 aromatic heterocycles. The first kappa shape index (κ1) is 20.1. The molecule has 4 rings (SSSR count). The Morgan fingerprint density at radius 1 is 1.14 bits per heavy atom. The van der Waals surface area contributed by atoms with E-state index in [9.17, 15) is 4.79 Å². The van der Waals surface area contributed by atoms with Crippen molar-refractivity contribution in [3.05, 3.63) is 41.7 Å². The van der Waals surface area contributed by atoms with Gasteiger partial charge in [0.05, 0.1) is 36.0 Å². The van der Waals surface area contributed by atoms with Crippen LogP contribution in [0, 0.1) is 19.8 Å². The number of carbonyl (C=O) groups excluding carboxylic acids is 1. The van der Waals surface area contributed by atoms with Crippen LogP contribution in [-0.4, -0.2) is 59.7 Å². The maximum Gasteiger partial charge on any atom is 0.225 e. The first-order valence-electron chi connectivity index (χ1n) is 10.5. The van der Waals surface area contributed by atoms with Crippen LogP contribution in [0.1, 0.15) is 30.7 Å². The fourth-order valence-corrected chi connectivity index (χ4v) is 4.20. The molecule has 7 nitrogen and oxygen atoms in total. The van der Waals surface area contributed by atoms with Gasteiger partial charge in [-0.25, -0.2) is 4.68 Å². The fourth-order valence-electron chi connectivity index (χ4n) is 4.20. The van der Waals surface area contributed by atoms with Crippen molar-refractivity contribution in [2.24, 2.45) is 5.92 Å². The van der Waals surface area contributed by atoms with Gasteiger partial charge in [0, 0.05) is 18.9 Å². The lowest BCUT2D eigenvalue weighted by molar-refractivity contribution is -0.117. The second-order valence-corrected chi connectivity index (χ2v) is 7.88. The molecule has 1 N–H and O–H groups in total. The molecule has 0 bridgehead atoms. The molecule has 2 fully saturated rings. The summed E-state index contributed by atoms with van der Waals surface area (Å²) in [5, 5.41) is 7.67. The van der Waals surface area contributed by atoms with Gasteiger partial charge >= 0.3 is 0 Å². The SMILES string of the molecule is Cc1nn(-c2ccccc2)c(C)c1NC(=O)CCN1CCC(C2OCCO2)CC1. The molecule has 2 aliphatic heterocycles. The molecule has 0 atom stereocenters. The molecule has 1 aromatic carbocycles. The summed E-state index contributed by atoms with van der Waals surface area (Å²) in [6.07, 6.45) is 2.59. The van der Waals surface area contributed by atoms with E-state index in [1.54, 1.807) is 0 Å². The number of likely N-dealkylation sites (tertiary alicyclic amines) is 1. The minimum Gasteiger partial charge on any atom is -0.350 e. The van der Waals surface area contributed by atoms with Crippen molar-refractivity contribution in [2.75, 3.05) is 38.2 Å². The molecular weight excluding hydrogens is 368 g/mol. The summed E-state index contributed by atoms with van der Waals surface area (Å²) in [5.74, 6) is 0.519. The highest BCUT2D eigenvalue weighted by Crippen LogP contribution is 2.26. The predicted molar refractivity (Wildman–Crippen MR) is 111 cm³/mol. The zero-order chi connectivity index (χ0) is 20.2. The Morgan fingerprint density at radius 3 is 2.52 bits per heavy atom. The van der Waals surface area contributed by atoms with Crippen molar-refractivity contribution in [1.29, 1.82) is 0 Å². The standard InChI is InChI=1S/C22H30N4O3/c1-16-21(17(2)26(24-16)19-6-4-3-5-7-19)23-20(27)10-13-25-11-8-18(9-12-25)22-28-14-15-29-22/h3-7,18,22H,8-15H2,1-2H3,(H,23,27). The number of nitrogens with zero attached hydrogens (tertiary/aromatic N) is 3. The fraction of sp³-hybridized carbons (Fsp3) is 0.545. The topological polar surface area (TPSA) is 68.6 Å². The summed E-state index contributed by atoms with van der Waals surface area (Å²) in [6, 6.07) is 9.97. The zero-order valence-corrected chi connectivity index (χ0v) is 17.3. The Labute approximate surface area is 172 Å². The van der Waals surface area contributed by atoms with E-state index in [1.165, 1.54) is 0 Å². The summed E-state index contributed by atoms with van der Waals surface area (Å²) in [5.41, 5.74) is 3.58. The maximum absolute atomic E-state index is 12.6. The van der Waals surface area contributed by atoms with E-state index >= 15 is 0 Å². The number of benzene rings is 1. The summed E-state index contributed by atoms with van der Waals surface area (Å²) in [6.45, 7) is 8.10. The number of aryl methyl sites for hydroxylation is 1. The van der Waals surface area contributed by atoms with E-state index < -0.39 is 0 Å². The van der Waals surface area contributed by atoms with Crippen LogP contribution in [0.2, 0.25) is 0 Å². The van der Waals surface area contributed by atoms with Crippen molar-refractivity contribution in [1.82, 2.24) is 14.7 Å². The Kier molecular flexibility index (Phi) is 6.28. The summed E-state index contributed by atoms with van der Waals surface area (Å²) < 4.78 is 13.1. The molecule has 156 valence electrons. The van der Waals surface area contributed by atoms with Crippen LogP contribution in [0.5, 0.6) is 0 Å². The average Bonchev–Trinajstić information content (AvgIpc) is 3.38. The average molecular weight is 399 g/mol. The summed E-state index contributed by atoms with van der Waals surface area (Å²) in [4.78, 5) is 14.9. The van der Waals surface area contributed by atoms with Gasteiger partial charge in [-0.2, -0.15) is 5.10 Å². The molecule has 2 saturated heterocycles. The number of amides is 1. The number of nitrogens with one attached hydrogen (secondary N) is 1. The first-order chi connectivity index (χ1) is 14.1. The van der Waals surface area contributed by atoms with Gasteiger partial charge in [0.2, 0.25) is 5.91 Å². The number of anilines is 1. The minimum atomic E-state index is -0.0208. The number of ether oxygens (including phenoxy) is 2. The van der Waals surface area contributed by atoms with E-state index in [0.717, 1.165) is 55.2 Å². The molecule has 0 unspecified atom stereocenters. The molecule has 2 aliphatic rings. The third-order valence-corrected chi connectivity index (χ3v) is 5.88. The third kappa shape index (κ3) is 4.69. The first-order valence-corrected chi connectivity index (χ1v) is 10.5. The second kappa shape index (κ2) is 9.07. The van der Waals surface area contributed by atoms with E-state index in [0.29, 0.717) is 25.6 Å². The second-order valence-electron chi connectivity index (χ2n) is 7.88. The minimum absolute atomic E-state index is 0.0208. The van der Waals surface area contributed by atoms with Gasteiger partial charge in [-0.05, 0) is 51.9 Å². The molecule has 2 aromatic rings. The lowest BCUT2D eigenvalue weighted by atomic mass is 9.96. The number of para-hydroxylation sites is 1. The van der Waals surface area contributed by atoms with Crippen LogP contribution in [0.3, 0.4) is 0 Å². The smallest absolute Gasteiger partial charge is 0.225 e. The molecule has 0 saturated carbocycles. The Balaban J connectivity index is 1.28. The Morgan fingerprint density at radius 2 is 1.83 bits per heavy atom. The summed E-state index contributed by atoms with van der Waals surface area (Å²) >= 11 is 0. The molecule has 0 aliphatic carbocycles. The van der Waals surface area contributed by atoms with Crippen molar-refractivity contribution >= 4 is 11.6 Å². The van der Waals surface area contributed by atoms with E-state index in [2.05, 4.69) is 15.3 Å². The highest BCUT2D eigenvalue weighted by atomic mass is 16.7. The molecule has 29 heavy (non-hydrogen) atoms. The molecular formula is C22H30N4O3. The quantitative estimate of drug-likeness (QED) is 0.810. The number of rotatable bonds is 6. The van der Waals surface area contributed by atoms with Gasteiger partial charge in [-0.1, -0.05) is 18.2 Å². The number of hydrogen-bond acceptors (Lipinski definition) is 5. The Bertz CT molecular complexity index is 822. The van der Waals surface area contributed by atoms with E-state index in [1.807, 2.05) is 48.9 Å². The Hall–Kier alpha value is -2.22. The lowest BCUT2D eigenvalue weighted by Gasteiger charge is -2.33. The van der Waals surface area contributed by atoms with Crippen molar-refractivity contribution < 1.29 is 14.3 Å². The van der Waals surface area contributed by atoms with Crippen LogP contribution in [0.25, 0.3) is 5.69 Å². The van der Waals surface area contributed by atoms with Crippen LogP contribution < -0.4 is 5.32 Å². The molecule has 0 spiro atoms. The molecule has 1 amide bonds. The number of aromatic nitrogens is 2. The van der Waals surface area contributed by atoms with Gasteiger partial charge in [0.1, 0.15) is 0 Å². The van der Waals surface area contributed by atoms with Crippen molar-refractivity contribution in [2.45, 2.75) is 39.4 Å². The highest BCUT2D eigenvalue weighted by Gasteiger charge is 2.30. The maximum atomic E-state index is 12.6. The predicted octanol–water partition coefficient (Wildman–Crippen LogP) is 2.90. The summed E-state index contributed by atoms with van der Waals surface area (Å²) in [7, 11) is 0. The van der Waals surface area contributed by atoms with Crippen LogP contribution >= 0.6 is 0 Å². The van der Waals surface area contributed by atoms with Gasteiger partial charge in [0.15, 0.2) is 6.29 Å². The van der Waals surface area contributed by atoms with Gasteiger partial charge in [-0.15, -0.1) is 0 Å². The van der Waals surface area contributed by atoms with E-state index in [4.69, 9.17) is 9.47 Å². The highest BCUT2D eigenvalue weighted by molar-refractivity contribution is 5.92. The zero-order valence-electron chi connectivity index (χ0n) is 17.3. The molecule has 7 heteroatoms. The molecule has 3 heterocycles.